The minimum absolute atomic E-state index is 0.436. The third-order valence-corrected chi connectivity index (χ3v) is 3.95. The van der Waals surface area contributed by atoms with Gasteiger partial charge in [-0.15, -0.1) is 0 Å². The molecule has 0 atom stereocenters. The van der Waals surface area contributed by atoms with Crippen molar-refractivity contribution in [2.45, 2.75) is 19.9 Å². The molecule has 0 amide bonds. The van der Waals surface area contributed by atoms with E-state index in [1.54, 1.807) is 16.8 Å². The first-order valence-electron chi connectivity index (χ1n) is 8.59. The third-order valence-electron chi connectivity index (χ3n) is 3.71. The van der Waals surface area contributed by atoms with Crippen molar-refractivity contribution in [1.82, 2.24) is 35.5 Å². The highest BCUT2D eigenvalue weighted by Crippen LogP contribution is 2.19. The topological polar surface area (TPSA) is 106 Å². The molecule has 2 N–H and O–H groups in total. The van der Waals surface area contributed by atoms with Crippen molar-refractivity contribution in [1.29, 1.82) is 0 Å². The molecule has 3 rings (SSSR count). The maximum Gasteiger partial charge on any atom is 0.228 e. The second kappa shape index (κ2) is 9.13. The van der Waals surface area contributed by atoms with Gasteiger partial charge in [-0.2, -0.15) is 10.1 Å². The summed E-state index contributed by atoms with van der Waals surface area (Å²) in [6.45, 7) is 3.80. The lowest BCUT2D eigenvalue weighted by atomic mass is 10.2. The van der Waals surface area contributed by atoms with E-state index in [1.807, 2.05) is 26.1 Å². The lowest BCUT2D eigenvalue weighted by molar-refractivity contribution is 0.378. The summed E-state index contributed by atoms with van der Waals surface area (Å²) in [6, 6.07) is 7.35. The number of nitrogens with one attached hydrogen (secondary N) is 2. The van der Waals surface area contributed by atoms with E-state index >= 15 is 0 Å². The molecule has 142 valence electrons. The molecule has 0 saturated heterocycles. The first-order valence-corrected chi connectivity index (χ1v) is 8.97. The average molecular weight is 389 g/mol. The van der Waals surface area contributed by atoms with E-state index in [1.165, 1.54) is 6.33 Å². The largest absolute Gasteiger partial charge is 0.357 e. The fraction of sp³-hybridized carbons (Fsp3) is 0.353. The Morgan fingerprint density at radius 3 is 2.96 bits per heavy atom. The van der Waals surface area contributed by atoms with Crippen molar-refractivity contribution in [3.63, 3.8) is 0 Å². The molecule has 0 aliphatic carbocycles. The Kier molecular flexibility index (Phi) is 6.37. The summed E-state index contributed by atoms with van der Waals surface area (Å²) in [4.78, 5) is 13.1. The predicted octanol–water partition coefficient (Wildman–Crippen LogP) is 1.82. The highest BCUT2D eigenvalue weighted by Gasteiger charge is 2.09. The molecule has 3 aromatic rings. The number of hydrogen-bond acceptors (Lipinski definition) is 6. The van der Waals surface area contributed by atoms with Crippen LogP contribution in [0.5, 0.6) is 0 Å². The van der Waals surface area contributed by atoms with Crippen molar-refractivity contribution >= 4 is 17.6 Å². The van der Waals surface area contributed by atoms with Gasteiger partial charge < -0.3 is 15.2 Å². The van der Waals surface area contributed by atoms with Gasteiger partial charge in [-0.05, 0) is 19.1 Å². The molecule has 0 aliphatic rings. The highest BCUT2D eigenvalue weighted by atomic mass is 35.5. The third kappa shape index (κ3) is 5.27. The van der Waals surface area contributed by atoms with Crippen molar-refractivity contribution < 1.29 is 4.52 Å². The van der Waals surface area contributed by atoms with E-state index in [0.717, 1.165) is 17.9 Å². The van der Waals surface area contributed by atoms with Crippen LogP contribution >= 0.6 is 11.6 Å². The molecule has 1 aromatic carbocycles. The summed E-state index contributed by atoms with van der Waals surface area (Å²) in [7, 11) is 1.84. The number of aryl methyl sites for hydroxylation is 1. The molecule has 0 radical (unpaired) electrons. The number of rotatable bonds is 7. The van der Waals surface area contributed by atoms with Crippen LogP contribution in [0.25, 0.3) is 11.4 Å². The zero-order chi connectivity index (χ0) is 19.1. The SMILES string of the molecule is CCNC(=NCc1ncnn1C)NCCc1nc(-c2cccc(Cl)c2)no1. The van der Waals surface area contributed by atoms with E-state index < -0.39 is 0 Å². The molecule has 0 saturated carbocycles. The van der Waals surface area contributed by atoms with Crippen molar-refractivity contribution in [3.8, 4) is 11.4 Å². The maximum atomic E-state index is 6.00. The summed E-state index contributed by atoms with van der Waals surface area (Å²) in [5, 5.41) is 15.1. The molecule has 0 unspecified atom stereocenters. The number of guanidine groups is 1. The summed E-state index contributed by atoms with van der Waals surface area (Å²) in [6.07, 6.45) is 2.08. The zero-order valence-corrected chi connectivity index (χ0v) is 15.9. The first kappa shape index (κ1) is 18.8. The molecule has 0 fully saturated rings. The van der Waals surface area contributed by atoms with Crippen LogP contribution in [-0.4, -0.2) is 44.0 Å². The number of hydrogen-bond donors (Lipinski definition) is 2. The number of aliphatic imine (C=N–C) groups is 1. The molecule has 9 nitrogen and oxygen atoms in total. The van der Waals surface area contributed by atoms with E-state index in [2.05, 4.69) is 35.8 Å². The second-order valence-corrected chi connectivity index (χ2v) is 6.13. The molecular weight excluding hydrogens is 368 g/mol. The quantitative estimate of drug-likeness (QED) is 0.469. The van der Waals surface area contributed by atoms with E-state index in [9.17, 15) is 0 Å². The molecule has 2 aromatic heterocycles. The van der Waals surface area contributed by atoms with E-state index in [0.29, 0.717) is 42.2 Å². The van der Waals surface area contributed by atoms with Crippen molar-refractivity contribution in [2.24, 2.45) is 12.0 Å². The lowest BCUT2D eigenvalue weighted by Gasteiger charge is -2.10. The van der Waals surface area contributed by atoms with Gasteiger partial charge in [0, 0.05) is 37.1 Å². The maximum absolute atomic E-state index is 6.00. The Hall–Kier alpha value is -2.94. The van der Waals surface area contributed by atoms with Gasteiger partial charge in [0.1, 0.15) is 18.7 Å². The minimum Gasteiger partial charge on any atom is -0.357 e. The fourth-order valence-electron chi connectivity index (χ4n) is 2.34. The number of aromatic nitrogens is 5. The van der Waals surface area contributed by atoms with Crippen LogP contribution in [0.15, 0.2) is 40.1 Å². The molecular formula is C17H21ClN8O. The summed E-state index contributed by atoms with van der Waals surface area (Å²) < 4.78 is 7.01. The van der Waals surface area contributed by atoms with Crippen LogP contribution in [0.2, 0.25) is 5.02 Å². The molecule has 0 bridgehead atoms. The number of halogens is 1. The van der Waals surface area contributed by atoms with Gasteiger partial charge in [0.05, 0.1) is 0 Å². The summed E-state index contributed by atoms with van der Waals surface area (Å²) in [5.41, 5.74) is 0.823. The Bertz CT molecular complexity index is 904. The predicted molar refractivity (Wildman–Crippen MR) is 102 cm³/mol. The van der Waals surface area contributed by atoms with Gasteiger partial charge in [0.2, 0.25) is 11.7 Å². The van der Waals surface area contributed by atoms with Crippen LogP contribution in [0, 0.1) is 0 Å². The number of benzene rings is 1. The van der Waals surface area contributed by atoms with Crippen LogP contribution in [0.3, 0.4) is 0 Å². The molecule has 0 spiro atoms. The highest BCUT2D eigenvalue weighted by molar-refractivity contribution is 6.30. The van der Waals surface area contributed by atoms with Crippen LogP contribution < -0.4 is 10.6 Å². The van der Waals surface area contributed by atoms with Crippen LogP contribution in [-0.2, 0) is 20.0 Å². The Labute approximate surface area is 161 Å². The van der Waals surface area contributed by atoms with Crippen LogP contribution in [0.1, 0.15) is 18.6 Å². The molecule has 10 heteroatoms. The van der Waals surface area contributed by atoms with E-state index in [4.69, 9.17) is 16.1 Å². The van der Waals surface area contributed by atoms with Gasteiger partial charge in [-0.1, -0.05) is 28.9 Å². The van der Waals surface area contributed by atoms with Crippen molar-refractivity contribution in [2.75, 3.05) is 13.1 Å². The smallest absolute Gasteiger partial charge is 0.228 e. The zero-order valence-electron chi connectivity index (χ0n) is 15.2. The van der Waals surface area contributed by atoms with E-state index in [-0.39, 0.29) is 0 Å². The Morgan fingerprint density at radius 2 is 2.22 bits per heavy atom. The minimum atomic E-state index is 0.436. The van der Waals surface area contributed by atoms with Crippen molar-refractivity contribution in [3.05, 3.63) is 47.3 Å². The van der Waals surface area contributed by atoms with Gasteiger partial charge in [0.25, 0.3) is 0 Å². The Morgan fingerprint density at radius 1 is 1.33 bits per heavy atom. The van der Waals surface area contributed by atoms with Gasteiger partial charge in [0.15, 0.2) is 5.96 Å². The second-order valence-electron chi connectivity index (χ2n) is 5.69. The van der Waals surface area contributed by atoms with Gasteiger partial charge in [-0.3, -0.25) is 4.68 Å². The molecule has 0 aliphatic heterocycles. The summed E-state index contributed by atoms with van der Waals surface area (Å²) >= 11 is 6.00. The fourth-order valence-corrected chi connectivity index (χ4v) is 2.53. The summed E-state index contributed by atoms with van der Waals surface area (Å²) in [5.74, 6) is 2.54. The lowest BCUT2D eigenvalue weighted by Crippen LogP contribution is -2.38. The Balaban J connectivity index is 1.55. The molecule has 27 heavy (non-hydrogen) atoms. The van der Waals surface area contributed by atoms with Gasteiger partial charge >= 0.3 is 0 Å². The number of nitrogens with zero attached hydrogens (tertiary/aromatic N) is 6. The monoisotopic (exact) mass is 388 g/mol. The first-order chi connectivity index (χ1) is 13.2. The molecule has 2 heterocycles. The van der Waals surface area contributed by atoms with Crippen LogP contribution in [0.4, 0.5) is 0 Å². The normalized spacial score (nSPS) is 11.6. The van der Waals surface area contributed by atoms with Gasteiger partial charge in [-0.25, -0.2) is 9.98 Å². The average Bonchev–Trinajstić information content (AvgIpc) is 3.29. The standard InChI is InChI=1S/C17H21ClN8O/c1-3-19-17(21-10-14-22-11-23-26(14)2)20-8-7-15-24-16(25-27-15)12-5-4-6-13(18)9-12/h4-6,9,11H,3,7-8,10H2,1-2H3,(H2,19,20,21).